The predicted molar refractivity (Wildman–Crippen MR) is 29.2 cm³/mol. The van der Waals surface area contributed by atoms with Crippen molar-refractivity contribution in [3.63, 3.8) is 0 Å². The number of alkyl halides is 4. The number of cyclic esters (lactones) is 1. The van der Waals surface area contributed by atoms with Crippen molar-refractivity contribution in [3.05, 3.63) is 0 Å². The molecule has 1 aliphatic rings. The van der Waals surface area contributed by atoms with E-state index in [4.69, 9.17) is 0 Å². The Morgan fingerprint density at radius 2 is 2.17 bits per heavy atom. The number of halogens is 4. The summed E-state index contributed by atoms with van der Waals surface area (Å²) in [5.41, 5.74) is 0. The number of hydrogen-bond acceptors (Lipinski definition) is 2. The summed E-state index contributed by atoms with van der Waals surface area (Å²) in [5.74, 6) is -4.23. The maximum atomic E-state index is 12.4. The lowest BCUT2D eigenvalue weighted by Crippen LogP contribution is -2.48. The van der Waals surface area contributed by atoms with Crippen molar-refractivity contribution in [3.8, 4) is 0 Å². The van der Waals surface area contributed by atoms with Gasteiger partial charge in [-0.3, -0.25) is 0 Å². The van der Waals surface area contributed by atoms with Crippen LogP contribution in [-0.2, 0) is 4.74 Å². The number of carbonyl (C=O) groups excluding carboxylic acids is 1. The van der Waals surface area contributed by atoms with Crippen LogP contribution in [0, 0.1) is 0 Å². The average Bonchev–Trinajstić information content (AvgIpc) is 2.35. The van der Waals surface area contributed by atoms with Gasteiger partial charge in [0.25, 0.3) is 0 Å². The minimum absolute atomic E-state index is 0.726. The molecule has 0 spiro atoms. The van der Waals surface area contributed by atoms with Crippen LogP contribution in [0.15, 0.2) is 0 Å². The summed E-state index contributed by atoms with van der Waals surface area (Å²) in [4.78, 5) is 10.2. The normalized spacial score (nSPS) is 24.1. The predicted octanol–water partition coefficient (Wildman–Crippen LogP) is 0.995. The first-order valence-corrected chi connectivity index (χ1v) is 3.04. The Labute approximate surface area is 64.7 Å². The molecule has 0 saturated carbocycles. The molecule has 1 saturated heterocycles. The van der Waals surface area contributed by atoms with E-state index in [9.17, 15) is 22.4 Å². The number of alkyl carbamates (subject to hydrolysis) is 1. The average molecular weight is 187 g/mol. The lowest BCUT2D eigenvalue weighted by Gasteiger charge is -2.19. The molecule has 1 atom stereocenters. The molecule has 12 heavy (non-hydrogen) atoms. The molecule has 0 aromatic rings. The number of rotatable bonds is 2. The number of carbonyl (C=O) groups is 1. The van der Waals surface area contributed by atoms with Crippen molar-refractivity contribution < 1.29 is 27.1 Å². The molecule has 0 aliphatic carbocycles. The highest BCUT2D eigenvalue weighted by Gasteiger charge is 2.52. The molecule has 1 fully saturated rings. The molecule has 1 rings (SSSR count). The van der Waals surface area contributed by atoms with Gasteiger partial charge in [-0.05, 0) is 0 Å². The van der Waals surface area contributed by atoms with E-state index in [0.29, 0.717) is 0 Å². The van der Waals surface area contributed by atoms with Gasteiger partial charge in [0.1, 0.15) is 12.6 Å². The van der Waals surface area contributed by atoms with Gasteiger partial charge in [-0.2, -0.15) is 8.78 Å². The van der Waals surface area contributed by atoms with E-state index in [2.05, 4.69) is 4.74 Å². The Morgan fingerprint density at radius 1 is 1.58 bits per heavy atom. The van der Waals surface area contributed by atoms with Crippen LogP contribution in [0.2, 0.25) is 0 Å². The number of hydrogen-bond donors (Lipinski definition) is 1. The molecule has 1 aliphatic heterocycles. The molecular formula is C5H5F4NO2. The zero-order chi connectivity index (χ0) is 9.35. The number of nitrogens with one attached hydrogen (secondary N) is 1. The van der Waals surface area contributed by atoms with Crippen LogP contribution in [0.25, 0.3) is 0 Å². The molecule has 1 amide bonds. The Kier molecular flexibility index (Phi) is 2.12. The van der Waals surface area contributed by atoms with E-state index in [1.807, 2.05) is 0 Å². The fourth-order valence-corrected chi connectivity index (χ4v) is 0.744. The Bertz CT molecular complexity index is 196. The lowest BCUT2D eigenvalue weighted by atomic mass is 10.2. The number of amides is 1. The molecule has 0 bridgehead atoms. The topological polar surface area (TPSA) is 38.3 Å². The van der Waals surface area contributed by atoms with Crippen molar-refractivity contribution in [1.29, 1.82) is 0 Å². The van der Waals surface area contributed by atoms with Crippen LogP contribution >= 0.6 is 0 Å². The molecule has 1 heterocycles. The van der Waals surface area contributed by atoms with Gasteiger partial charge in [0.05, 0.1) is 0 Å². The first kappa shape index (κ1) is 9.08. The molecule has 3 nitrogen and oxygen atoms in total. The zero-order valence-electron chi connectivity index (χ0n) is 5.69. The van der Waals surface area contributed by atoms with E-state index in [0.717, 1.165) is 0 Å². The van der Waals surface area contributed by atoms with Crippen LogP contribution in [0.3, 0.4) is 0 Å². The maximum Gasteiger partial charge on any atom is 0.407 e. The fourth-order valence-electron chi connectivity index (χ4n) is 0.744. The second-order valence-electron chi connectivity index (χ2n) is 2.27. The highest BCUT2D eigenvalue weighted by Crippen LogP contribution is 2.28. The zero-order valence-corrected chi connectivity index (χ0v) is 5.69. The number of ether oxygens (including phenoxy) is 1. The standard InChI is InChI=1S/C5H5F4NO2/c6-3(7)5(8,9)2-1-12-4(11)10-2/h2-3H,1H2,(H,10,11). The molecule has 70 valence electrons. The summed E-state index contributed by atoms with van der Waals surface area (Å²) in [6.45, 7) is -0.726. The lowest BCUT2D eigenvalue weighted by molar-refractivity contribution is -0.147. The van der Waals surface area contributed by atoms with E-state index in [1.54, 1.807) is 5.32 Å². The largest absolute Gasteiger partial charge is 0.447 e. The minimum Gasteiger partial charge on any atom is -0.447 e. The monoisotopic (exact) mass is 187 g/mol. The first-order chi connectivity index (χ1) is 5.44. The van der Waals surface area contributed by atoms with Crippen molar-refractivity contribution in [2.75, 3.05) is 6.61 Å². The van der Waals surface area contributed by atoms with E-state index < -0.39 is 31.1 Å². The summed E-state index contributed by atoms with van der Waals surface area (Å²) in [7, 11) is 0. The summed E-state index contributed by atoms with van der Waals surface area (Å²) in [6.07, 6.45) is -4.90. The minimum atomic E-state index is -4.23. The summed E-state index contributed by atoms with van der Waals surface area (Å²) in [6, 6.07) is -1.93. The van der Waals surface area contributed by atoms with Crippen molar-refractivity contribution in [2.24, 2.45) is 0 Å². The highest BCUT2D eigenvalue weighted by atomic mass is 19.3. The van der Waals surface area contributed by atoms with Crippen LogP contribution < -0.4 is 5.32 Å². The summed E-state index contributed by atoms with van der Waals surface area (Å²) >= 11 is 0. The second kappa shape index (κ2) is 2.80. The van der Waals surface area contributed by atoms with Gasteiger partial charge in [-0.15, -0.1) is 0 Å². The Morgan fingerprint density at radius 3 is 2.50 bits per heavy atom. The fraction of sp³-hybridized carbons (Fsp3) is 0.800. The second-order valence-corrected chi connectivity index (χ2v) is 2.27. The van der Waals surface area contributed by atoms with Crippen LogP contribution in [0.1, 0.15) is 0 Å². The Hall–Kier alpha value is -1.01. The van der Waals surface area contributed by atoms with Gasteiger partial charge in [0.2, 0.25) is 0 Å². The molecule has 0 aromatic heterocycles. The van der Waals surface area contributed by atoms with E-state index in [-0.39, 0.29) is 0 Å². The van der Waals surface area contributed by atoms with Gasteiger partial charge >= 0.3 is 18.4 Å². The Balaban J connectivity index is 2.63. The SMILES string of the molecule is O=C1NC(C(F)(F)C(F)F)CO1. The molecule has 1 unspecified atom stereocenters. The van der Waals surface area contributed by atoms with Crippen molar-refractivity contribution >= 4 is 6.09 Å². The van der Waals surface area contributed by atoms with Crippen LogP contribution in [0.4, 0.5) is 22.4 Å². The third kappa shape index (κ3) is 1.44. The summed E-state index contributed by atoms with van der Waals surface area (Å²) in [5, 5.41) is 1.58. The van der Waals surface area contributed by atoms with Crippen molar-refractivity contribution in [1.82, 2.24) is 5.32 Å². The maximum absolute atomic E-state index is 12.4. The van der Waals surface area contributed by atoms with Crippen LogP contribution in [0.5, 0.6) is 0 Å². The first-order valence-electron chi connectivity index (χ1n) is 3.04. The molecular weight excluding hydrogens is 182 g/mol. The smallest absolute Gasteiger partial charge is 0.407 e. The summed E-state index contributed by atoms with van der Waals surface area (Å²) < 4.78 is 52.1. The van der Waals surface area contributed by atoms with Gasteiger partial charge in [-0.25, -0.2) is 13.6 Å². The van der Waals surface area contributed by atoms with E-state index >= 15 is 0 Å². The van der Waals surface area contributed by atoms with E-state index in [1.165, 1.54) is 0 Å². The molecule has 0 radical (unpaired) electrons. The quantitative estimate of drug-likeness (QED) is 0.655. The van der Waals surface area contributed by atoms with Gasteiger partial charge < -0.3 is 10.1 Å². The highest BCUT2D eigenvalue weighted by molar-refractivity contribution is 5.69. The molecule has 7 heteroatoms. The third-order valence-corrected chi connectivity index (χ3v) is 1.43. The molecule has 1 N–H and O–H groups in total. The van der Waals surface area contributed by atoms with Crippen molar-refractivity contribution in [2.45, 2.75) is 18.4 Å². The molecule has 0 aromatic carbocycles. The van der Waals surface area contributed by atoms with Crippen LogP contribution in [-0.4, -0.2) is 31.1 Å². The van der Waals surface area contributed by atoms with Gasteiger partial charge in [0, 0.05) is 0 Å². The van der Waals surface area contributed by atoms with Gasteiger partial charge in [0.15, 0.2) is 0 Å². The van der Waals surface area contributed by atoms with Gasteiger partial charge in [-0.1, -0.05) is 0 Å². The third-order valence-electron chi connectivity index (χ3n) is 1.43.